The van der Waals surface area contributed by atoms with Crippen molar-refractivity contribution in [3.63, 3.8) is 0 Å². The first-order valence-electron chi connectivity index (χ1n) is 5.96. The molecule has 2 aromatic heterocycles. The molecule has 0 amide bonds. The molecule has 0 aliphatic carbocycles. The van der Waals surface area contributed by atoms with Crippen LogP contribution >= 0.6 is 38.9 Å². The van der Waals surface area contributed by atoms with Crippen LogP contribution in [0.5, 0.6) is 0 Å². The van der Waals surface area contributed by atoms with Crippen molar-refractivity contribution in [2.24, 2.45) is 0 Å². The second kappa shape index (κ2) is 7.06. The zero-order valence-corrected chi connectivity index (χ0v) is 13.8. The molecule has 0 radical (unpaired) electrons. The number of hydrogen-bond acceptors (Lipinski definition) is 4. The predicted molar refractivity (Wildman–Crippen MR) is 87.9 cm³/mol. The zero-order valence-electron chi connectivity index (χ0n) is 10.6. The van der Waals surface area contributed by atoms with E-state index in [4.69, 9.17) is 11.6 Å². The maximum Gasteiger partial charge on any atom is 0.287 e. The Morgan fingerprint density at radius 3 is 3.00 bits per heavy atom. The van der Waals surface area contributed by atoms with Gasteiger partial charge >= 0.3 is 0 Å². The number of allylic oxidation sites excluding steroid dienone is 1. The van der Waals surface area contributed by atoms with Crippen molar-refractivity contribution in [1.29, 1.82) is 0 Å². The number of anilines is 1. The van der Waals surface area contributed by atoms with E-state index in [1.165, 1.54) is 9.56 Å². The highest BCUT2D eigenvalue weighted by molar-refractivity contribution is 9.11. The lowest BCUT2D eigenvalue weighted by atomic mass is 10.3. The van der Waals surface area contributed by atoms with Crippen molar-refractivity contribution in [2.75, 3.05) is 11.9 Å². The molecule has 2 rings (SSSR count). The van der Waals surface area contributed by atoms with Gasteiger partial charge in [-0.1, -0.05) is 17.7 Å². The first kappa shape index (κ1) is 15.3. The molecule has 1 N–H and O–H groups in total. The molecule has 2 aromatic rings. The lowest BCUT2D eigenvalue weighted by Crippen LogP contribution is -2.24. The first-order valence-corrected chi connectivity index (χ1v) is 7.95. The van der Waals surface area contributed by atoms with E-state index in [-0.39, 0.29) is 10.6 Å². The van der Waals surface area contributed by atoms with E-state index in [9.17, 15) is 4.79 Å². The number of thiophene rings is 1. The van der Waals surface area contributed by atoms with Crippen LogP contribution in [-0.4, -0.2) is 16.3 Å². The monoisotopic (exact) mass is 373 g/mol. The summed E-state index contributed by atoms with van der Waals surface area (Å²) in [5, 5.41) is 7.34. The molecule has 0 fully saturated rings. The molecule has 4 nitrogen and oxygen atoms in total. The molecule has 0 spiro atoms. The Bertz CT molecular complexity index is 668. The van der Waals surface area contributed by atoms with Crippen molar-refractivity contribution in [2.45, 2.75) is 13.0 Å². The van der Waals surface area contributed by atoms with Gasteiger partial charge in [-0.2, -0.15) is 5.10 Å². The summed E-state index contributed by atoms with van der Waals surface area (Å²) in [6.45, 7) is 4.62. The summed E-state index contributed by atoms with van der Waals surface area (Å²) in [4.78, 5) is 13.2. The van der Waals surface area contributed by atoms with Crippen molar-refractivity contribution in [1.82, 2.24) is 9.78 Å². The fourth-order valence-electron chi connectivity index (χ4n) is 1.65. The standard InChI is InChI=1S/C13H13BrClN3OS/c1-2-7-18-13(19)12(15)10(8-17-18)16-6-5-9-3-4-11(14)20-9/h2-4,8,16H,1,5-7H2. The molecule has 0 aromatic carbocycles. The minimum Gasteiger partial charge on any atom is -0.382 e. The Balaban J connectivity index is 2.01. The van der Waals surface area contributed by atoms with Crippen molar-refractivity contribution in [3.05, 3.63) is 55.0 Å². The minimum atomic E-state index is -0.310. The van der Waals surface area contributed by atoms with Crippen LogP contribution in [-0.2, 0) is 13.0 Å². The van der Waals surface area contributed by atoms with E-state index in [0.29, 0.717) is 18.8 Å². The SMILES string of the molecule is C=CCn1ncc(NCCc2ccc(Br)s2)c(Cl)c1=O. The van der Waals surface area contributed by atoms with Gasteiger partial charge in [0.05, 0.1) is 22.2 Å². The predicted octanol–water partition coefficient (Wildman–Crippen LogP) is 3.56. The summed E-state index contributed by atoms with van der Waals surface area (Å²) in [5.41, 5.74) is 0.253. The fourth-order valence-corrected chi connectivity index (χ4v) is 3.34. The highest BCUT2D eigenvalue weighted by atomic mass is 79.9. The van der Waals surface area contributed by atoms with Gasteiger partial charge in [0.25, 0.3) is 5.56 Å². The third-order valence-corrected chi connectivity index (χ3v) is 4.65. The molecule has 0 atom stereocenters. The Hall–Kier alpha value is -1.11. The quantitative estimate of drug-likeness (QED) is 0.786. The normalized spacial score (nSPS) is 10.5. The molecule has 0 saturated heterocycles. The van der Waals surface area contributed by atoms with E-state index in [2.05, 4.69) is 39.0 Å². The lowest BCUT2D eigenvalue weighted by molar-refractivity contribution is 0.653. The third kappa shape index (κ3) is 3.71. The highest BCUT2D eigenvalue weighted by Gasteiger charge is 2.08. The second-order valence-corrected chi connectivity index (χ2v) is 6.96. The smallest absolute Gasteiger partial charge is 0.287 e. The average molecular weight is 375 g/mol. The molecule has 7 heteroatoms. The van der Waals surface area contributed by atoms with E-state index in [0.717, 1.165) is 10.2 Å². The number of nitrogens with zero attached hydrogens (tertiary/aromatic N) is 2. The maximum absolute atomic E-state index is 11.9. The molecule has 0 bridgehead atoms. The van der Waals surface area contributed by atoms with E-state index in [1.54, 1.807) is 23.6 Å². The summed E-state index contributed by atoms with van der Waals surface area (Å²) in [5.74, 6) is 0. The van der Waals surface area contributed by atoms with Gasteiger partial charge in [0.2, 0.25) is 0 Å². The molecule has 0 aliphatic heterocycles. The molecule has 0 saturated carbocycles. The molecular formula is C13H13BrClN3OS. The Kier molecular flexibility index (Phi) is 5.39. The number of rotatable bonds is 6. The highest BCUT2D eigenvalue weighted by Crippen LogP contribution is 2.22. The Morgan fingerprint density at radius 2 is 2.35 bits per heavy atom. The van der Waals surface area contributed by atoms with E-state index < -0.39 is 0 Å². The Labute approximate surface area is 134 Å². The molecule has 0 aliphatic rings. The van der Waals surface area contributed by atoms with E-state index in [1.807, 2.05) is 6.07 Å². The van der Waals surface area contributed by atoms with Gasteiger partial charge in [-0.15, -0.1) is 17.9 Å². The van der Waals surface area contributed by atoms with Crippen LogP contribution < -0.4 is 10.9 Å². The maximum atomic E-state index is 11.9. The second-order valence-electron chi connectivity index (χ2n) is 4.03. The first-order chi connectivity index (χ1) is 9.61. The van der Waals surface area contributed by atoms with Crippen LogP contribution in [0.3, 0.4) is 0 Å². The molecule has 20 heavy (non-hydrogen) atoms. The van der Waals surface area contributed by atoms with Gasteiger partial charge in [0, 0.05) is 11.4 Å². The number of nitrogens with one attached hydrogen (secondary N) is 1. The number of hydrogen-bond donors (Lipinski definition) is 1. The third-order valence-electron chi connectivity index (χ3n) is 2.60. The van der Waals surface area contributed by atoms with Gasteiger partial charge in [-0.05, 0) is 34.5 Å². The Morgan fingerprint density at radius 1 is 1.55 bits per heavy atom. The van der Waals surface area contributed by atoms with Gasteiger partial charge in [-0.3, -0.25) is 4.79 Å². The minimum absolute atomic E-state index is 0.161. The lowest BCUT2D eigenvalue weighted by Gasteiger charge is -2.08. The summed E-state index contributed by atoms with van der Waals surface area (Å²) in [6.07, 6.45) is 4.03. The largest absolute Gasteiger partial charge is 0.382 e. The molecule has 0 unspecified atom stereocenters. The number of halogens is 2. The van der Waals surface area contributed by atoms with E-state index >= 15 is 0 Å². The van der Waals surface area contributed by atoms with Crippen LogP contribution in [0.15, 0.2) is 39.6 Å². The van der Waals surface area contributed by atoms with Crippen molar-refractivity contribution >= 4 is 44.6 Å². The van der Waals surface area contributed by atoms with Crippen molar-refractivity contribution in [3.8, 4) is 0 Å². The van der Waals surface area contributed by atoms with Gasteiger partial charge < -0.3 is 5.32 Å². The number of aromatic nitrogens is 2. The summed E-state index contributed by atoms with van der Waals surface area (Å²) in [6, 6.07) is 4.09. The van der Waals surface area contributed by atoms with Gasteiger partial charge in [0.15, 0.2) is 0 Å². The molecule has 2 heterocycles. The zero-order chi connectivity index (χ0) is 14.5. The van der Waals surface area contributed by atoms with Crippen LogP contribution in [0.1, 0.15) is 4.88 Å². The molecule has 106 valence electrons. The van der Waals surface area contributed by atoms with Crippen LogP contribution in [0, 0.1) is 0 Å². The van der Waals surface area contributed by atoms with Crippen LogP contribution in [0.2, 0.25) is 5.02 Å². The average Bonchev–Trinajstić information content (AvgIpc) is 2.84. The molecular weight excluding hydrogens is 362 g/mol. The summed E-state index contributed by atoms with van der Waals surface area (Å²) >= 11 is 11.2. The van der Waals surface area contributed by atoms with Crippen LogP contribution in [0.4, 0.5) is 5.69 Å². The van der Waals surface area contributed by atoms with Crippen LogP contribution in [0.25, 0.3) is 0 Å². The summed E-state index contributed by atoms with van der Waals surface area (Å²) in [7, 11) is 0. The topological polar surface area (TPSA) is 46.9 Å². The summed E-state index contributed by atoms with van der Waals surface area (Å²) < 4.78 is 2.39. The fraction of sp³-hybridized carbons (Fsp3) is 0.231. The van der Waals surface area contributed by atoms with Crippen molar-refractivity contribution < 1.29 is 0 Å². The van der Waals surface area contributed by atoms with Gasteiger partial charge in [0.1, 0.15) is 5.02 Å². The van der Waals surface area contributed by atoms with Gasteiger partial charge in [-0.25, -0.2) is 4.68 Å².